The van der Waals surface area contributed by atoms with Crippen LogP contribution in [0.5, 0.6) is 0 Å². The summed E-state index contributed by atoms with van der Waals surface area (Å²) in [6.45, 7) is 0. The van der Waals surface area contributed by atoms with Gasteiger partial charge in [0.15, 0.2) is 0 Å². The van der Waals surface area contributed by atoms with Gasteiger partial charge in [0, 0.05) is 0 Å². The van der Waals surface area contributed by atoms with E-state index in [4.69, 9.17) is 9.11 Å². The van der Waals surface area contributed by atoms with Crippen LogP contribution in [0.3, 0.4) is 0 Å². The van der Waals surface area contributed by atoms with Crippen molar-refractivity contribution < 1.29 is 25.9 Å². The van der Waals surface area contributed by atoms with Crippen LogP contribution in [-0.2, 0) is 20.2 Å². The molecule has 0 spiro atoms. The molecule has 0 aromatic heterocycles. The van der Waals surface area contributed by atoms with Gasteiger partial charge in [-0.25, -0.2) is 0 Å². The fourth-order valence-corrected chi connectivity index (χ4v) is 2.60. The Balaban J connectivity index is 0.00000220. The number of rotatable bonds is 3. The lowest BCUT2D eigenvalue weighted by Gasteiger charge is -2.04. The summed E-state index contributed by atoms with van der Waals surface area (Å²) in [5.74, 6) is 0. The third kappa shape index (κ3) is 4.26. The molecule has 2 aromatic rings. The highest BCUT2D eigenvalue weighted by Gasteiger charge is 2.11. The number of hydrogen-bond donors (Lipinski definition) is 2. The summed E-state index contributed by atoms with van der Waals surface area (Å²) in [6.07, 6.45) is 0. The molecule has 0 radical (unpaired) electrons. The Bertz CT molecular complexity index is 751. The predicted molar refractivity (Wildman–Crippen MR) is 78.8 cm³/mol. The smallest absolute Gasteiger partial charge is 0.282 e. The van der Waals surface area contributed by atoms with E-state index in [1.165, 1.54) is 48.5 Å². The summed E-state index contributed by atoms with van der Waals surface area (Å²) in [4.78, 5) is -0.452. The number of hydrogen-bond acceptors (Lipinski definition) is 4. The minimum Gasteiger partial charge on any atom is -0.282 e. The molecule has 114 valence electrons. The van der Waals surface area contributed by atoms with Crippen LogP contribution in [0.1, 0.15) is 0 Å². The Morgan fingerprint density at radius 2 is 0.810 bits per heavy atom. The third-order valence-corrected chi connectivity index (χ3v) is 4.37. The molecule has 0 saturated heterocycles. The first kappa shape index (κ1) is 17.6. The minimum absolute atomic E-state index is 0. The molecule has 2 aromatic carbocycles. The first-order chi connectivity index (χ1) is 9.18. The van der Waals surface area contributed by atoms with E-state index in [0.717, 1.165) is 0 Å². The molecule has 0 atom stereocenters. The molecule has 0 fully saturated rings. The van der Waals surface area contributed by atoms with Crippen molar-refractivity contribution in [3.8, 4) is 11.1 Å². The Kier molecular flexibility index (Phi) is 5.13. The van der Waals surface area contributed by atoms with E-state index in [0.29, 0.717) is 11.1 Å². The van der Waals surface area contributed by atoms with Gasteiger partial charge in [-0.3, -0.25) is 9.11 Å². The zero-order valence-electron chi connectivity index (χ0n) is 10.4. The van der Waals surface area contributed by atoms with Crippen molar-refractivity contribution >= 4 is 32.6 Å². The first-order valence-corrected chi connectivity index (χ1v) is 8.21. The Morgan fingerprint density at radius 3 is 1.00 bits per heavy atom. The molecular weight excluding hydrogens is 340 g/mol. The van der Waals surface area contributed by atoms with Crippen LogP contribution in [-0.4, -0.2) is 25.9 Å². The fourth-order valence-electron chi connectivity index (χ4n) is 1.64. The Labute approximate surface area is 128 Å². The lowest BCUT2D eigenvalue weighted by atomic mass is 10.1. The number of benzene rings is 2. The highest BCUT2D eigenvalue weighted by molar-refractivity contribution is 7.86. The lowest BCUT2D eigenvalue weighted by molar-refractivity contribution is 0.481. The highest BCUT2D eigenvalue weighted by Crippen LogP contribution is 2.22. The molecule has 0 saturated carbocycles. The van der Waals surface area contributed by atoms with Crippen LogP contribution < -0.4 is 0 Å². The van der Waals surface area contributed by atoms with E-state index in [1.807, 2.05) is 0 Å². The molecule has 9 heteroatoms. The van der Waals surface area contributed by atoms with Crippen molar-refractivity contribution in [3.05, 3.63) is 48.5 Å². The number of halogens is 1. The second-order valence-corrected chi connectivity index (χ2v) is 6.84. The van der Waals surface area contributed by atoms with Crippen molar-refractivity contribution in [2.24, 2.45) is 0 Å². The summed E-state index contributed by atoms with van der Waals surface area (Å²) >= 11 is 0. The molecule has 0 aliphatic rings. The summed E-state index contributed by atoms with van der Waals surface area (Å²) in [5.41, 5.74) is 1.28. The van der Waals surface area contributed by atoms with Gasteiger partial charge in [0.2, 0.25) is 0 Å². The summed E-state index contributed by atoms with van der Waals surface area (Å²) in [7, 11) is -8.48. The van der Waals surface area contributed by atoms with Crippen molar-refractivity contribution in [2.75, 3.05) is 0 Å². The summed E-state index contributed by atoms with van der Waals surface area (Å²) < 4.78 is 61.3. The maximum absolute atomic E-state index is 10.9. The molecular formula is C12H11ClO6S2. The van der Waals surface area contributed by atoms with E-state index < -0.39 is 20.2 Å². The molecule has 0 aliphatic carbocycles. The maximum atomic E-state index is 10.9. The molecule has 0 unspecified atom stereocenters. The van der Waals surface area contributed by atoms with Gasteiger partial charge in [-0.2, -0.15) is 16.8 Å². The standard InChI is InChI=1S/C12H10O6S2.ClH/c13-19(14,15)11-5-1-9(2-6-11)10-3-7-12(8-4-10)20(16,17)18;/h1-8H,(H,13,14,15)(H,16,17,18);1H. The van der Waals surface area contributed by atoms with Gasteiger partial charge in [-0.05, 0) is 35.4 Å². The van der Waals surface area contributed by atoms with Crippen molar-refractivity contribution in [1.29, 1.82) is 0 Å². The zero-order chi connectivity index (χ0) is 15.0. The van der Waals surface area contributed by atoms with Gasteiger partial charge < -0.3 is 0 Å². The van der Waals surface area contributed by atoms with Crippen molar-refractivity contribution in [3.63, 3.8) is 0 Å². The molecule has 6 nitrogen and oxygen atoms in total. The molecule has 0 heterocycles. The Hall–Kier alpha value is -1.45. The average Bonchev–Trinajstić information content (AvgIpc) is 2.37. The van der Waals surface area contributed by atoms with Crippen LogP contribution in [0.2, 0.25) is 0 Å². The van der Waals surface area contributed by atoms with Gasteiger partial charge in [0.1, 0.15) is 0 Å². The topological polar surface area (TPSA) is 109 Å². The quantitative estimate of drug-likeness (QED) is 0.822. The second-order valence-electron chi connectivity index (χ2n) is 4.00. The second kappa shape index (κ2) is 6.12. The average molecular weight is 351 g/mol. The van der Waals surface area contributed by atoms with Crippen LogP contribution in [0, 0.1) is 0 Å². The molecule has 0 aliphatic heterocycles. The fraction of sp³-hybridized carbons (Fsp3) is 0. The highest BCUT2D eigenvalue weighted by atomic mass is 35.5. The van der Waals surface area contributed by atoms with Gasteiger partial charge in [0.25, 0.3) is 20.2 Å². The van der Waals surface area contributed by atoms with E-state index in [2.05, 4.69) is 0 Å². The normalized spacial score (nSPS) is 11.7. The van der Waals surface area contributed by atoms with Crippen molar-refractivity contribution in [1.82, 2.24) is 0 Å². The van der Waals surface area contributed by atoms with Crippen LogP contribution >= 0.6 is 12.4 Å². The Morgan fingerprint density at radius 1 is 0.571 bits per heavy atom. The lowest BCUT2D eigenvalue weighted by Crippen LogP contribution is -1.98. The zero-order valence-corrected chi connectivity index (χ0v) is 12.8. The van der Waals surface area contributed by atoms with Crippen LogP contribution in [0.25, 0.3) is 11.1 Å². The van der Waals surface area contributed by atoms with E-state index in [1.54, 1.807) is 0 Å². The van der Waals surface area contributed by atoms with E-state index in [-0.39, 0.29) is 22.2 Å². The summed E-state index contributed by atoms with van der Waals surface area (Å²) in [6, 6.07) is 10.9. The first-order valence-electron chi connectivity index (χ1n) is 5.33. The largest absolute Gasteiger partial charge is 0.294 e. The monoisotopic (exact) mass is 350 g/mol. The van der Waals surface area contributed by atoms with Crippen molar-refractivity contribution in [2.45, 2.75) is 9.79 Å². The van der Waals surface area contributed by atoms with E-state index >= 15 is 0 Å². The third-order valence-electron chi connectivity index (χ3n) is 2.64. The summed E-state index contributed by atoms with van der Waals surface area (Å²) in [5, 5.41) is 0. The van der Waals surface area contributed by atoms with Gasteiger partial charge in [-0.1, -0.05) is 24.3 Å². The maximum Gasteiger partial charge on any atom is 0.294 e. The van der Waals surface area contributed by atoms with Crippen LogP contribution in [0.15, 0.2) is 58.3 Å². The molecule has 21 heavy (non-hydrogen) atoms. The molecule has 2 N–H and O–H groups in total. The molecule has 2 rings (SSSR count). The van der Waals surface area contributed by atoms with Gasteiger partial charge >= 0.3 is 0 Å². The van der Waals surface area contributed by atoms with E-state index in [9.17, 15) is 16.8 Å². The minimum atomic E-state index is -4.24. The predicted octanol–water partition coefficient (Wildman–Crippen LogP) is 2.27. The molecule has 0 bridgehead atoms. The van der Waals surface area contributed by atoms with Crippen LogP contribution in [0.4, 0.5) is 0 Å². The SMILES string of the molecule is Cl.O=S(=O)(O)c1ccc(-c2ccc(S(=O)(=O)O)cc2)cc1. The van der Waals surface area contributed by atoms with Gasteiger partial charge in [-0.15, -0.1) is 12.4 Å². The molecule has 0 amide bonds. The van der Waals surface area contributed by atoms with Gasteiger partial charge in [0.05, 0.1) is 9.79 Å².